The summed E-state index contributed by atoms with van der Waals surface area (Å²) in [6, 6.07) is 34.4. The summed E-state index contributed by atoms with van der Waals surface area (Å²) in [6.07, 6.45) is 24.4. The number of nitrogens with zero attached hydrogens (tertiary/aromatic N) is 1. The van der Waals surface area contributed by atoms with Gasteiger partial charge in [0.15, 0.2) is 10.3 Å². The zero-order chi connectivity index (χ0) is 83.5. The summed E-state index contributed by atoms with van der Waals surface area (Å²) < 4.78 is 146. The van der Waals surface area contributed by atoms with E-state index in [4.69, 9.17) is 38.0 Å². The maximum absolute atomic E-state index is 14.1. The van der Waals surface area contributed by atoms with E-state index in [1.165, 1.54) is 73.0 Å². The van der Waals surface area contributed by atoms with Crippen molar-refractivity contribution in [2.75, 3.05) is 43.8 Å². The maximum Gasteiger partial charge on any atom is 0.534 e. The van der Waals surface area contributed by atoms with E-state index >= 15 is 0 Å². The van der Waals surface area contributed by atoms with Gasteiger partial charge in [0.1, 0.15) is 46.5 Å². The van der Waals surface area contributed by atoms with E-state index in [-0.39, 0.29) is 96.0 Å². The minimum absolute atomic E-state index is 0. The topological polar surface area (TPSA) is 248 Å². The first-order valence-corrected chi connectivity index (χ1v) is 43.6. The van der Waals surface area contributed by atoms with Gasteiger partial charge >= 0.3 is 33.5 Å². The van der Waals surface area contributed by atoms with E-state index < -0.39 is 38.8 Å². The van der Waals surface area contributed by atoms with Crippen LogP contribution in [-0.4, -0.2) is 96.9 Å². The number of alkyl halides is 4. The molecular weight excluding hydrogens is 1610 g/mol. The normalized spacial score (nSPS) is 19.5. The van der Waals surface area contributed by atoms with E-state index in [1.807, 2.05) is 42.5 Å². The highest BCUT2D eigenvalue weighted by Gasteiger charge is 2.50. The van der Waals surface area contributed by atoms with Crippen molar-refractivity contribution in [3.05, 3.63) is 212 Å². The molecule has 1 heterocycles. The number of hydrogen-bond acceptors (Lipinski definition) is 16. The van der Waals surface area contributed by atoms with E-state index in [0.29, 0.717) is 84.7 Å². The summed E-state index contributed by atoms with van der Waals surface area (Å²) in [7, 11) is -5.74. The Labute approximate surface area is 696 Å². The molecule has 8 aliphatic rings. The lowest BCUT2D eigenvalue weighted by Gasteiger charge is -2.44. The number of nitrogens with one attached hydrogen (secondary N) is 1. The highest BCUT2D eigenvalue weighted by Crippen LogP contribution is 2.50. The molecule has 13 rings (SSSR count). The first-order valence-electron chi connectivity index (χ1n) is 39.7. The van der Waals surface area contributed by atoms with Crippen molar-refractivity contribution in [2.24, 2.45) is 28.3 Å². The number of carbonyl (C=O) groups is 4. The van der Waals surface area contributed by atoms with Crippen LogP contribution in [0.2, 0.25) is 0 Å². The number of ether oxygens (including phenoxy) is 3. The molecule has 634 valence electrons. The van der Waals surface area contributed by atoms with Crippen LogP contribution in [0.25, 0.3) is 22.3 Å². The van der Waals surface area contributed by atoms with Crippen LogP contribution in [0.3, 0.4) is 0 Å². The van der Waals surface area contributed by atoms with E-state index in [9.17, 15) is 67.8 Å². The molecule has 116 heavy (non-hydrogen) atoms. The molecule has 15 nitrogen and oxygen atoms in total. The van der Waals surface area contributed by atoms with Crippen LogP contribution in [0.5, 0.6) is 0 Å². The minimum Gasteiger partial charge on any atom is -0.465 e. The summed E-state index contributed by atoms with van der Waals surface area (Å²) in [6.45, 7) is 5.89. The Kier molecular flexibility index (Phi) is 41.5. The number of carbonyl (C=O) groups excluding carboxylic acids is 4. The number of fused-ring (bicyclic) bond motifs is 1. The Hall–Kier alpha value is -7.75. The monoisotopic (exact) mass is 1710 g/mol. The van der Waals surface area contributed by atoms with Crippen LogP contribution >= 0.6 is 47.5 Å². The summed E-state index contributed by atoms with van der Waals surface area (Å²) >= 11 is 8.83. The number of halogens is 10. The molecule has 28 heteroatoms. The Morgan fingerprint density at radius 2 is 0.974 bits per heavy atom. The van der Waals surface area contributed by atoms with Gasteiger partial charge in [0, 0.05) is 63.6 Å². The molecule has 3 atom stereocenters. The average molecular weight is 1720 g/mol. The number of amidine groups is 2. The lowest BCUT2D eigenvalue weighted by Crippen LogP contribution is -2.43. The first kappa shape index (κ1) is 97.1. The van der Waals surface area contributed by atoms with Crippen LogP contribution in [0.1, 0.15) is 228 Å². The molecule has 0 amide bonds. The van der Waals surface area contributed by atoms with E-state index in [2.05, 4.69) is 13.9 Å². The molecule has 2 saturated carbocycles. The number of hydrogen-bond donors (Lipinski definition) is 4. The van der Waals surface area contributed by atoms with E-state index in [0.717, 1.165) is 172 Å². The average Bonchev–Trinajstić information content (AvgIpc) is 0.751. The fraction of sp³-hybridized carbons (Fsp3) is 0.477. The standard InChI is InChI=1S/C15H17FO2.2C14H17FN2S.C13H14ClF.C13H15FO.C10H13F3O5S.C9H14O3.ClH/c1-2-18-15(17)13-9-4-3-7-11(13)12-8-5-6-10-14(12)16;15-12-7-2-1-6-11(12)14-8-4-3-5-10(14)9-18-13(16)17-14;15-13-8-4-3-7-12(13)11-6-2-1-5-10(11)9-18-14(16)17;14-9-10-5-1-2-6-11(10)12-7-3-4-8-13(12)15;14-13-8-4-3-7-12(13)11-6-2-1-5-10(11)9-15;1-2-17-9(14)7-5-3-4-6-8(7)18-19(15,16)10(11,12)13;1-2-12-9(11)7-5-3-4-6-8(7)10;/h5-6,8,10H,2-4,7,9H2,1H3;1-2,6-7,10H,3-5,8-9H2,(H2,16,17);3-4,7-8H,1-2,5-6,9H2,(H3,16,17);3-4,7-8H,1-2,5-6,9H2;3-4,7-8,15H,1-2,5-6,9H2;2-6H2,1H3;7H,2-6H2,1H3;1H/t;10-,14-;;;;;;/m.0....../s1. The molecular formula is C88H108Cl2F8N4O11S3. The van der Waals surface area contributed by atoms with Crippen molar-refractivity contribution in [3.63, 3.8) is 0 Å². The fourth-order valence-corrected chi connectivity index (χ4v) is 17.8. The van der Waals surface area contributed by atoms with Gasteiger partial charge in [-0.1, -0.05) is 145 Å². The number of aliphatic imine (C=N–C) groups is 1. The van der Waals surface area contributed by atoms with Gasteiger partial charge < -0.3 is 35.0 Å². The van der Waals surface area contributed by atoms with Crippen LogP contribution in [0, 0.1) is 46.3 Å². The third kappa shape index (κ3) is 28.5. The van der Waals surface area contributed by atoms with Crippen LogP contribution in [0.15, 0.2) is 160 Å². The molecule has 0 aromatic heterocycles. The number of aliphatic hydroxyl groups excluding tert-OH is 1. The molecule has 0 bridgehead atoms. The summed E-state index contributed by atoms with van der Waals surface area (Å²) in [5.74, 6) is -0.596. The van der Waals surface area contributed by atoms with Crippen molar-refractivity contribution in [1.29, 1.82) is 5.41 Å². The highest BCUT2D eigenvalue weighted by atomic mass is 35.5. The van der Waals surface area contributed by atoms with Gasteiger partial charge in [0.05, 0.1) is 37.5 Å². The summed E-state index contributed by atoms with van der Waals surface area (Å²) in [5.41, 5.74) is 16.8. The number of ketones is 1. The molecule has 1 aliphatic heterocycles. The molecule has 7 aliphatic carbocycles. The Balaban J connectivity index is 0.000000211. The molecule has 0 saturated heterocycles. The molecule has 0 spiro atoms. The SMILES string of the molecule is CCOC(=O)C1=C(OS(=O)(=O)C(F)(F)F)CCCC1.CCOC(=O)C1=C(c2ccccc2F)CCCC1.CCOC(=O)C1CCCCC1=O.Cl.Fc1ccccc1C1=C(CCl)CCCC1.N=C(N)SCC1=C(c2ccccc2F)CCCC1.NC1=N[C@@]2(c3ccccc3F)CCCC[C@H]2CS1.OCC1=C(c2ccccc2F)CCCC1. The molecule has 0 radical (unpaired) electrons. The fourth-order valence-electron chi connectivity index (χ4n) is 15.3. The number of nitrogens with two attached hydrogens (primary N) is 2. The minimum atomic E-state index is -5.74. The largest absolute Gasteiger partial charge is 0.534 e. The second-order valence-electron chi connectivity index (χ2n) is 28.6. The second-order valence-corrected chi connectivity index (χ2v) is 32.4. The van der Waals surface area contributed by atoms with Gasteiger partial charge in [-0.2, -0.15) is 21.6 Å². The number of thioether (sulfide) groups is 2. The van der Waals surface area contributed by atoms with Crippen LogP contribution in [-0.2, 0) is 53.2 Å². The van der Waals surface area contributed by atoms with Crippen molar-refractivity contribution in [2.45, 2.75) is 212 Å². The van der Waals surface area contributed by atoms with Crippen LogP contribution < -0.4 is 11.5 Å². The zero-order valence-corrected chi connectivity index (χ0v) is 70.1. The van der Waals surface area contributed by atoms with Crippen molar-refractivity contribution >= 4 is 114 Å². The van der Waals surface area contributed by atoms with Crippen molar-refractivity contribution in [1.82, 2.24) is 0 Å². The Bertz CT molecular complexity index is 4360. The Morgan fingerprint density at radius 1 is 0.560 bits per heavy atom. The van der Waals surface area contributed by atoms with Crippen molar-refractivity contribution < 1.29 is 86.2 Å². The molecule has 5 aromatic carbocycles. The summed E-state index contributed by atoms with van der Waals surface area (Å²) in [4.78, 5) is 50.5. The lowest BCUT2D eigenvalue weighted by atomic mass is 9.69. The van der Waals surface area contributed by atoms with Gasteiger partial charge in [0.2, 0.25) is 0 Å². The number of esters is 3. The second kappa shape index (κ2) is 49.6. The number of Topliss-reactive ketones (excluding diaryl/α,β-unsaturated/α-hetero) is 1. The van der Waals surface area contributed by atoms with E-state index in [1.54, 1.807) is 74.1 Å². The summed E-state index contributed by atoms with van der Waals surface area (Å²) in [5, 5.41) is 17.2. The number of allylic oxidation sites excluding steroid dienone is 6. The smallest absolute Gasteiger partial charge is 0.465 e. The van der Waals surface area contributed by atoms with Gasteiger partial charge in [-0.25, -0.2) is 31.5 Å². The zero-order valence-electron chi connectivity index (χ0n) is 66.1. The predicted octanol–water partition coefficient (Wildman–Crippen LogP) is 22.3. The third-order valence-corrected chi connectivity index (χ3v) is 24.0. The lowest BCUT2D eigenvalue weighted by molar-refractivity contribution is -0.152. The van der Waals surface area contributed by atoms with Gasteiger partial charge in [-0.15, -0.1) is 24.0 Å². The first-order chi connectivity index (χ1) is 55.2. The Morgan fingerprint density at radius 3 is 1.46 bits per heavy atom. The number of aliphatic hydroxyl groups is 1. The van der Waals surface area contributed by atoms with Crippen molar-refractivity contribution in [3.8, 4) is 0 Å². The van der Waals surface area contributed by atoms with Gasteiger partial charge in [0.25, 0.3) is 0 Å². The third-order valence-electron chi connectivity index (χ3n) is 21.0. The highest BCUT2D eigenvalue weighted by molar-refractivity contribution is 8.14. The number of benzene rings is 5. The maximum atomic E-state index is 14.1. The van der Waals surface area contributed by atoms with Gasteiger partial charge in [-0.05, 0) is 233 Å². The molecule has 5 aromatic rings. The predicted molar refractivity (Wildman–Crippen MR) is 449 cm³/mol. The van der Waals surface area contributed by atoms with Crippen LogP contribution in [0.4, 0.5) is 35.1 Å². The van der Waals surface area contributed by atoms with Gasteiger partial charge in [-0.3, -0.25) is 20.0 Å². The molecule has 2 fully saturated rings. The quantitative estimate of drug-likeness (QED) is 0.00778. The molecule has 6 N–H and O–H groups in total. The molecule has 1 unspecified atom stereocenters. The number of rotatable bonds is 17.